The van der Waals surface area contributed by atoms with Gasteiger partial charge in [0.15, 0.2) is 10.3 Å². The van der Waals surface area contributed by atoms with Crippen molar-refractivity contribution in [1.82, 2.24) is 15.0 Å². The van der Waals surface area contributed by atoms with E-state index in [1.807, 2.05) is 18.4 Å². The Morgan fingerprint density at radius 1 is 0.947 bits per heavy atom. The Balaban J connectivity index is 1.35. The summed E-state index contributed by atoms with van der Waals surface area (Å²) in [6.07, 6.45) is 0. The minimum atomic E-state index is -0.413. The number of amides is 1. The Bertz CT molecular complexity index is 1530. The molecule has 5 rings (SSSR count). The molecule has 2 heterocycles. The molecule has 0 aliphatic carbocycles. The summed E-state index contributed by atoms with van der Waals surface area (Å²) in [5.41, 5.74) is 7.66. The Morgan fingerprint density at radius 2 is 1.61 bits per heavy atom. The molecule has 5 nitrogen and oxygen atoms in total. The van der Waals surface area contributed by atoms with Crippen molar-refractivity contribution in [3.63, 3.8) is 0 Å². The molecule has 3 aromatic carbocycles. The number of nitrogens with one attached hydrogen (secondary N) is 2. The molecule has 0 bridgehead atoms. The zero-order valence-corrected chi connectivity index (χ0v) is 24.0. The number of hydrogen-bond acceptors (Lipinski definition) is 5. The summed E-state index contributed by atoms with van der Waals surface area (Å²) in [7, 11) is 0. The number of nitrogens with zero attached hydrogens (tertiary/aromatic N) is 2. The molecule has 0 aliphatic heterocycles. The molecule has 0 spiro atoms. The smallest absolute Gasteiger partial charge is 0.239 e. The molecule has 192 valence electrons. The van der Waals surface area contributed by atoms with Crippen molar-refractivity contribution in [1.29, 1.82) is 0 Å². The fourth-order valence-corrected chi connectivity index (χ4v) is 5.86. The SMILES string of the molecule is Cc1ccc(-c2nc(SC(C)C(=O)Nc3nc(-c4ccc(Cl)cc4Cl)cs3)[nH]c2-c2ccc(C)cc2)cc1. The van der Waals surface area contributed by atoms with E-state index in [0.29, 0.717) is 26.0 Å². The number of carbonyl (C=O) groups is 1. The van der Waals surface area contributed by atoms with Crippen molar-refractivity contribution in [3.8, 4) is 33.8 Å². The van der Waals surface area contributed by atoms with Gasteiger partial charge in [0.1, 0.15) is 0 Å². The van der Waals surface area contributed by atoms with Gasteiger partial charge in [0.05, 0.1) is 27.4 Å². The van der Waals surface area contributed by atoms with Gasteiger partial charge in [-0.05, 0) is 39.0 Å². The van der Waals surface area contributed by atoms with Crippen LogP contribution in [0.1, 0.15) is 18.1 Å². The van der Waals surface area contributed by atoms with Crippen LogP contribution in [0.15, 0.2) is 77.3 Å². The summed E-state index contributed by atoms with van der Waals surface area (Å²) in [5.74, 6) is -0.164. The normalized spacial score (nSPS) is 11.9. The van der Waals surface area contributed by atoms with Crippen molar-refractivity contribution in [2.24, 2.45) is 0 Å². The second kappa shape index (κ2) is 11.3. The average molecular weight is 580 g/mol. The van der Waals surface area contributed by atoms with Gasteiger partial charge in [0, 0.05) is 27.1 Å². The van der Waals surface area contributed by atoms with Crippen LogP contribution >= 0.6 is 46.3 Å². The zero-order valence-electron chi connectivity index (χ0n) is 20.9. The maximum atomic E-state index is 13.0. The highest BCUT2D eigenvalue weighted by Crippen LogP contribution is 2.35. The van der Waals surface area contributed by atoms with Crippen molar-refractivity contribution >= 4 is 57.3 Å². The number of halogens is 2. The highest BCUT2D eigenvalue weighted by molar-refractivity contribution is 8.00. The largest absolute Gasteiger partial charge is 0.332 e. The molecule has 0 saturated carbocycles. The highest BCUT2D eigenvalue weighted by atomic mass is 35.5. The molecule has 0 radical (unpaired) electrons. The topological polar surface area (TPSA) is 70.7 Å². The molecule has 0 saturated heterocycles. The Hall–Kier alpha value is -3.10. The first-order chi connectivity index (χ1) is 18.3. The Kier molecular flexibility index (Phi) is 7.91. The predicted octanol–water partition coefficient (Wildman–Crippen LogP) is 8.91. The lowest BCUT2D eigenvalue weighted by molar-refractivity contribution is -0.115. The van der Waals surface area contributed by atoms with Crippen molar-refractivity contribution < 1.29 is 4.79 Å². The van der Waals surface area contributed by atoms with Gasteiger partial charge in [0.25, 0.3) is 0 Å². The molecule has 5 aromatic rings. The van der Waals surface area contributed by atoms with Crippen LogP contribution in [0.3, 0.4) is 0 Å². The maximum Gasteiger partial charge on any atom is 0.239 e. The van der Waals surface area contributed by atoms with Crippen LogP contribution in [-0.4, -0.2) is 26.1 Å². The van der Waals surface area contributed by atoms with Gasteiger partial charge in [-0.2, -0.15) is 0 Å². The second-order valence-corrected chi connectivity index (χ2v) is 11.9. The quantitative estimate of drug-likeness (QED) is 0.189. The molecule has 9 heteroatoms. The van der Waals surface area contributed by atoms with Crippen LogP contribution in [0.25, 0.3) is 33.8 Å². The number of thioether (sulfide) groups is 1. The molecule has 2 N–H and O–H groups in total. The summed E-state index contributed by atoms with van der Waals surface area (Å²) in [6, 6.07) is 21.9. The van der Waals surface area contributed by atoms with Gasteiger partial charge in [-0.3, -0.25) is 4.79 Å². The van der Waals surface area contributed by atoms with E-state index in [9.17, 15) is 4.79 Å². The van der Waals surface area contributed by atoms with E-state index in [1.165, 1.54) is 34.2 Å². The van der Waals surface area contributed by atoms with Crippen LogP contribution in [0.4, 0.5) is 5.13 Å². The predicted molar refractivity (Wildman–Crippen MR) is 160 cm³/mol. The lowest BCUT2D eigenvalue weighted by Crippen LogP contribution is -2.22. The molecule has 0 fully saturated rings. The van der Waals surface area contributed by atoms with E-state index in [0.717, 1.165) is 28.1 Å². The third kappa shape index (κ3) is 5.97. The zero-order chi connectivity index (χ0) is 26.8. The number of imidazole rings is 1. The Labute approximate surface area is 239 Å². The van der Waals surface area contributed by atoms with E-state index in [4.69, 9.17) is 28.2 Å². The standard InChI is InChI=1S/C29H24Cl2N4OS2/c1-16-4-8-19(9-5-16)25-26(20-10-6-17(2)7-11-20)34-29(33-25)38-18(3)27(36)35-28-32-24(15-37-28)22-13-12-21(30)14-23(22)31/h4-15,18H,1-3H3,(H,33,34)(H,32,35,36). The van der Waals surface area contributed by atoms with Gasteiger partial charge in [0.2, 0.25) is 5.91 Å². The van der Waals surface area contributed by atoms with Gasteiger partial charge in [-0.25, -0.2) is 9.97 Å². The third-order valence-corrected chi connectivity index (χ3v) is 8.24. The van der Waals surface area contributed by atoms with Crippen molar-refractivity contribution in [2.75, 3.05) is 5.32 Å². The number of aryl methyl sites for hydroxylation is 2. The fraction of sp³-hybridized carbons (Fsp3) is 0.138. The monoisotopic (exact) mass is 578 g/mol. The number of thiazole rings is 1. The van der Waals surface area contributed by atoms with Gasteiger partial charge in [-0.1, -0.05) is 94.6 Å². The third-order valence-electron chi connectivity index (χ3n) is 5.95. The van der Waals surface area contributed by atoms with Gasteiger partial charge >= 0.3 is 0 Å². The number of anilines is 1. The summed E-state index contributed by atoms with van der Waals surface area (Å²) < 4.78 is 0. The second-order valence-electron chi connectivity index (χ2n) is 8.91. The molecule has 1 atom stereocenters. The van der Waals surface area contributed by atoms with E-state index in [2.05, 4.69) is 77.7 Å². The highest BCUT2D eigenvalue weighted by Gasteiger charge is 2.21. The summed E-state index contributed by atoms with van der Waals surface area (Å²) in [4.78, 5) is 25.9. The van der Waals surface area contributed by atoms with Crippen LogP contribution in [0.2, 0.25) is 10.0 Å². The van der Waals surface area contributed by atoms with Gasteiger partial charge in [-0.15, -0.1) is 11.3 Å². The molecular formula is C29H24Cl2N4OS2. The van der Waals surface area contributed by atoms with Crippen LogP contribution < -0.4 is 5.32 Å². The van der Waals surface area contributed by atoms with Crippen molar-refractivity contribution in [2.45, 2.75) is 31.2 Å². The van der Waals surface area contributed by atoms with Crippen molar-refractivity contribution in [3.05, 3.63) is 93.3 Å². The number of carbonyl (C=O) groups excluding carboxylic acids is 1. The molecule has 2 aromatic heterocycles. The van der Waals surface area contributed by atoms with Crippen LogP contribution in [-0.2, 0) is 4.79 Å². The number of aromatic nitrogens is 3. The average Bonchev–Trinajstić information content (AvgIpc) is 3.52. The fourth-order valence-electron chi connectivity index (χ4n) is 3.84. The van der Waals surface area contributed by atoms with E-state index < -0.39 is 5.25 Å². The molecule has 1 unspecified atom stereocenters. The first-order valence-corrected chi connectivity index (χ1v) is 14.4. The lowest BCUT2D eigenvalue weighted by Gasteiger charge is -2.08. The van der Waals surface area contributed by atoms with Crippen LogP contribution in [0.5, 0.6) is 0 Å². The lowest BCUT2D eigenvalue weighted by atomic mass is 10.0. The first kappa shape index (κ1) is 26.5. The minimum absolute atomic E-state index is 0.164. The molecule has 0 aliphatic rings. The molecule has 1 amide bonds. The summed E-state index contributed by atoms with van der Waals surface area (Å²) in [5, 5.41) is 6.61. The minimum Gasteiger partial charge on any atom is -0.332 e. The van der Waals surface area contributed by atoms with E-state index >= 15 is 0 Å². The first-order valence-electron chi connectivity index (χ1n) is 11.9. The molecule has 38 heavy (non-hydrogen) atoms. The number of hydrogen-bond donors (Lipinski definition) is 2. The summed E-state index contributed by atoms with van der Waals surface area (Å²) >= 11 is 15.0. The molecular weight excluding hydrogens is 555 g/mol. The van der Waals surface area contributed by atoms with Gasteiger partial charge < -0.3 is 10.3 Å². The Morgan fingerprint density at radius 3 is 2.26 bits per heavy atom. The number of aromatic amines is 1. The number of benzene rings is 3. The maximum absolute atomic E-state index is 13.0. The van der Waals surface area contributed by atoms with E-state index in [-0.39, 0.29) is 5.91 Å². The summed E-state index contributed by atoms with van der Waals surface area (Å²) in [6.45, 7) is 5.98. The number of rotatable bonds is 7. The van der Waals surface area contributed by atoms with E-state index in [1.54, 1.807) is 12.1 Å². The van der Waals surface area contributed by atoms with Crippen LogP contribution in [0, 0.1) is 13.8 Å². The number of H-pyrrole nitrogens is 1.